The molecule has 1 aromatic carbocycles. The summed E-state index contributed by atoms with van der Waals surface area (Å²) in [7, 11) is 0. The molecule has 136 valence electrons. The van der Waals surface area contributed by atoms with Gasteiger partial charge in [-0.05, 0) is 50.3 Å². The number of anilines is 1. The molecule has 0 fully saturated rings. The van der Waals surface area contributed by atoms with Gasteiger partial charge in [0, 0.05) is 31.5 Å². The molecular formula is C19H24Cl2N2O2. The van der Waals surface area contributed by atoms with Crippen LogP contribution in [-0.2, 0) is 9.59 Å². The van der Waals surface area contributed by atoms with Crippen LogP contribution in [0.4, 0.5) is 5.69 Å². The SMILES string of the molecule is CC(=O)N(CCC(=O)NCCC1=CCCCC1)c1ccc(Cl)cc1Cl. The highest BCUT2D eigenvalue weighted by Crippen LogP contribution is 2.29. The molecule has 0 atom stereocenters. The lowest BCUT2D eigenvalue weighted by atomic mass is 9.97. The topological polar surface area (TPSA) is 49.4 Å². The fraction of sp³-hybridized carbons (Fsp3) is 0.474. The maximum atomic E-state index is 12.1. The minimum Gasteiger partial charge on any atom is -0.356 e. The second-order valence-corrected chi connectivity index (χ2v) is 7.07. The van der Waals surface area contributed by atoms with Gasteiger partial charge in [0.15, 0.2) is 0 Å². The summed E-state index contributed by atoms with van der Waals surface area (Å²) in [6, 6.07) is 4.96. The van der Waals surface area contributed by atoms with E-state index in [1.165, 1.54) is 30.2 Å². The zero-order valence-corrected chi connectivity index (χ0v) is 16.0. The van der Waals surface area contributed by atoms with Crippen LogP contribution < -0.4 is 10.2 Å². The van der Waals surface area contributed by atoms with Crippen LogP contribution in [0.15, 0.2) is 29.8 Å². The Bertz CT molecular complexity index is 659. The number of benzene rings is 1. The van der Waals surface area contributed by atoms with Crippen LogP contribution in [0.2, 0.25) is 10.0 Å². The molecule has 25 heavy (non-hydrogen) atoms. The lowest BCUT2D eigenvalue weighted by Gasteiger charge is -2.22. The Morgan fingerprint density at radius 2 is 2.04 bits per heavy atom. The Morgan fingerprint density at radius 1 is 1.24 bits per heavy atom. The first-order chi connectivity index (χ1) is 12.0. The predicted octanol–water partition coefficient (Wildman–Crippen LogP) is 4.74. The van der Waals surface area contributed by atoms with Crippen LogP contribution in [0, 0.1) is 0 Å². The molecule has 1 aliphatic rings. The van der Waals surface area contributed by atoms with E-state index in [0.29, 0.717) is 22.3 Å². The van der Waals surface area contributed by atoms with Crippen molar-refractivity contribution in [1.82, 2.24) is 5.32 Å². The lowest BCUT2D eigenvalue weighted by Crippen LogP contribution is -2.34. The molecule has 6 heteroatoms. The number of carbonyl (C=O) groups excluding carboxylic acids is 2. The molecule has 0 saturated heterocycles. The van der Waals surface area contributed by atoms with Crippen molar-refractivity contribution in [2.24, 2.45) is 0 Å². The number of allylic oxidation sites excluding steroid dienone is 1. The first kappa shape index (κ1) is 19.8. The quantitative estimate of drug-likeness (QED) is 0.692. The van der Waals surface area contributed by atoms with E-state index in [0.717, 1.165) is 19.3 Å². The number of carbonyl (C=O) groups is 2. The van der Waals surface area contributed by atoms with Gasteiger partial charge in [0.25, 0.3) is 0 Å². The van der Waals surface area contributed by atoms with Gasteiger partial charge in [0.1, 0.15) is 0 Å². The van der Waals surface area contributed by atoms with Crippen molar-refractivity contribution in [3.05, 3.63) is 39.9 Å². The number of amides is 2. The first-order valence-corrected chi connectivity index (χ1v) is 9.40. The molecule has 1 aliphatic carbocycles. The van der Waals surface area contributed by atoms with Gasteiger partial charge >= 0.3 is 0 Å². The maximum Gasteiger partial charge on any atom is 0.223 e. The van der Waals surface area contributed by atoms with Crippen molar-refractivity contribution < 1.29 is 9.59 Å². The van der Waals surface area contributed by atoms with Crippen molar-refractivity contribution >= 4 is 40.7 Å². The van der Waals surface area contributed by atoms with Gasteiger partial charge < -0.3 is 10.2 Å². The fourth-order valence-electron chi connectivity index (χ4n) is 2.94. The van der Waals surface area contributed by atoms with E-state index in [4.69, 9.17) is 23.2 Å². The van der Waals surface area contributed by atoms with Crippen LogP contribution in [-0.4, -0.2) is 24.9 Å². The highest BCUT2D eigenvalue weighted by Gasteiger charge is 2.16. The van der Waals surface area contributed by atoms with Gasteiger partial charge in [0.2, 0.25) is 11.8 Å². The van der Waals surface area contributed by atoms with E-state index < -0.39 is 0 Å². The summed E-state index contributed by atoms with van der Waals surface area (Å²) < 4.78 is 0. The maximum absolute atomic E-state index is 12.1. The number of hydrogen-bond acceptors (Lipinski definition) is 2. The standard InChI is InChI=1S/C19H24Cl2N2O2/c1-14(24)23(18-8-7-16(20)13-17(18)21)12-10-19(25)22-11-9-15-5-3-2-4-6-15/h5,7-8,13H,2-4,6,9-12H2,1H3,(H,22,25). The monoisotopic (exact) mass is 382 g/mol. The molecule has 0 aliphatic heterocycles. The summed E-state index contributed by atoms with van der Waals surface area (Å²) in [5.74, 6) is -0.225. The Hall–Kier alpha value is -1.52. The average Bonchev–Trinajstić information content (AvgIpc) is 2.57. The normalized spacial score (nSPS) is 14.0. The van der Waals surface area contributed by atoms with Crippen LogP contribution in [0.1, 0.15) is 45.4 Å². The molecule has 0 spiro atoms. The van der Waals surface area contributed by atoms with Gasteiger partial charge in [-0.1, -0.05) is 34.9 Å². The second-order valence-electron chi connectivity index (χ2n) is 6.22. The van der Waals surface area contributed by atoms with Gasteiger partial charge in [-0.3, -0.25) is 9.59 Å². The molecule has 2 rings (SSSR count). The molecule has 2 amide bonds. The molecule has 0 saturated carbocycles. The lowest BCUT2D eigenvalue weighted by molar-refractivity contribution is -0.121. The first-order valence-electron chi connectivity index (χ1n) is 8.65. The Morgan fingerprint density at radius 3 is 2.68 bits per heavy atom. The van der Waals surface area contributed by atoms with Crippen molar-refractivity contribution in [2.75, 3.05) is 18.0 Å². The van der Waals surface area contributed by atoms with Crippen molar-refractivity contribution in [2.45, 2.75) is 45.4 Å². The van der Waals surface area contributed by atoms with Crippen LogP contribution in [0.5, 0.6) is 0 Å². The summed E-state index contributed by atoms with van der Waals surface area (Å²) in [4.78, 5) is 25.5. The third-order valence-electron chi connectivity index (χ3n) is 4.30. The van der Waals surface area contributed by atoms with Gasteiger partial charge in [-0.25, -0.2) is 0 Å². The Labute approximate surface area is 159 Å². The number of hydrogen-bond donors (Lipinski definition) is 1. The van der Waals surface area contributed by atoms with E-state index in [1.807, 2.05) is 0 Å². The molecular weight excluding hydrogens is 359 g/mol. The largest absolute Gasteiger partial charge is 0.356 e. The average molecular weight is 383 g/mol. The zero-order valence-electron chi connectivity index (χ0n) is 14.5. The summed E-state index contributed by atoms with van der Waals surface area (Å²) in [6.45, 7) is 2.38. The van der Waals surface area contributed by atoms with E-state index in [9.17, 15) is 9.59 Å². The Balaban J connectivity index is 1.83. The second kappa shape index (κ2) is 9.83. The van der Waals surface area contributed by atoms with Crippen molar-refractivity contribution in [3.63, 3.8) is 0 Å². The third kappa shape index (κ3) is 6.37. The minimum absolute atomic E-state index is 0.0623. The van der Waals surface area contributed by atoms with Crippen molar-refractivity contribution in [3.8, 4) is 0 Å². The molecule has 1 aromatic rings. The van der Waals surface area contributed by atoms with E-state index in [2.05, 4.69) is 11.4 Å². The highest BCUT2D eigenvalue weighted by molar-refractivity contribution is 6.36. The minimum atomic E-state index is -0.163. The summed E-state index contributed by atoms with van der Waals surface area (Å²) >= 11 is 12.1. The molecule has 4 nitrogen and oxygen atoms in total. The van der Waals surface area contributed by atoms with Crippen LogP contribution in [0.3, 0.4) is 0 Å². The van der Waals surface area contributed by atoms with Gasteiger partial charge in [0.05, 0.1) is 10.7 Å². The third-order valence-corrected chi connectivity index (χ3v) is 4.83. The molecule has 0 radical (unpaired) electrons. The number of nitrogens with zero attached hydrogens (tertiary/aromatic N) is 1. The molecule has 0 unspecified atom stereocenters. The number of rotatable bonds is 7. The van der Waals surface area contributed by atoms with E-state index >= 15 is 0 Å². The Kier molecular flexibility index (Phi) is 7.79. The summed E-state index contributed by atoms with van der Waals surface area (Å²) in [5.41, 5.74) is 2.00. The van der Waals surface area contributed by atoms with E-state index in [1.54, 1.807) is 18.2 Å². The zero-order chi connectivity index (χ0) is 18.2. The number of halogens is 2. The molecule has 0 heterocycles. The van der Waals surface area contributed by atoms with Crippen LogP contribution >= 0.6 is 23.2 Å². The van der Waals surface area contributed by atoms with Crippen LogP contribution in [0.25, 0.3) is 0 Å². The highest BCUT2D eigenvalue weighted by atomic mass is 35.5. The molecule has 0 aromatic heterocycles. The molecule has 1 N–H and O–H groups in total. The summed E-state index contributed by atoms with van der Waals surface area (Å²) in [5, 5.41) is 3.83. The number of nitrogens with one attached hydrogen (secondary N) is 1. The predicted molar refractivity (Wildman–Crippen MR) is 103 cm³/mol. The van der Waals surface area contributed by atoms with Gasteiger partial charge in [-0.2, -0.15) is 0 Å². The van der Waals surface area contributed by atoms with E-state index in [-0.39, 0.29) is 24.8 Å². The smallest absolute Gasteiger partial charge is 0.223 e. The van der Waals surface area contributed by atoms with Gasteiger partial charge in [-0.15, -0.1) is 0 Å². The summed E-state index contributed by atoms with van der Waals surface area (Å²) in [6.07, 6.45) is 8.24. The fourth-order valence-corrected chi connectivity index (χ4v) is 3.45. The molecule has 0 bridgehead atoms. The van der Waals surface area contributed by atoms with Crippen molar-refractivity contribution in [1.29, 1.82) is 0 Å².